The van der Waals surface area contributed by atoms with Crippen molar-refractivity contribution in [2.24, 2.45) is 5.73 Å². The Morgan fingerprint density at radius 2 is 2.12 bits per heavy atom. The van der Waals surface area contributed by atoms with Crippen molar-refractivity contribution in [1.82, 2.24) is 5.32 Å². The molecule has 0 saturated heterocycles. The van der Waals surface area contributed by atoms with E-state index in [2.05, 4.69) is 11.6 Å². The number of ether oxygens (including phenoxy) is 1. The highest BCUT2D eigenvalue weighted by Gasteiger charge is 2.33. The minimum Gasteiger partial charge on any atom is -0.383 e. The van der Waals surface area contributed by atoms with Gasteiger partial charge < -0.3 is 15.8 Å². The maximum atomic E-state index is 5.57. The maximum absolute atomic E-state index is 5.57. The van der Waals surface area contributed by atoms with Crippen LogP contribution < -0.4 is 11.1 Å². The summed E-state index contributed by atoms with van der Waals surface area (Å²) in [6, 6.07) is 0.466. The van der Waals surface area contributed by atoms with Gasteiger partial charge in [-0.25, -0.2) is 0 Å². The molecule has 1 saturated carbocycles. The van der Waals surface area contributed by atoms with Gasteiger partial charge in [-0.3, -0.25) is 0 Å². The van der Waals surface area contributed by atoms with Gasteiger partial charge in [-0.05, 0) is 38.5 Å². The molecule has 0 bridgehead atoms. The van der Waals surface area contributed by atoms with Crippen LogP contribution in [0.1, 0.15) is 38.5 Å². The average molecular weight is 260 g/mol. The molecule has 1 rings (SSSR count). The summed E-state index contributed by atoms with van der Waals surface area (Å²) < 4.78 is 5.75. The summed E-state index contributed by atoms with van der Waals surface area (Å²) in [6.45, 7) is 2.69. The molecule has 1 aliphatic carbocycles. The van der Waals surface area contributed by atoms with Crippen LogP contribution in [0.4, 0.5) is 0 Å². The Morgan fingerprint density at radius 1 is 1.41 bits per heavy atom. The largest absolute Gasteiger partial charge is 0.383 e. The quantitative estimate of drug-likeness (QED) is 0.666. The van der Waals surface area contributed by atoms with Gasteiger partial charge in [0, 0.05) is 24.4 Å². The third-order valence-electron chi connectivity index (χ3n) is 3.79. The molecule has 0 heterocycles. The van der Waals surface area contributed by atoms with Crippen LogP contribution in [0, 0.1) is 0 Å². The first kappa shape index (κ1) is 15.3. The van der Waals surface area contributed by atoms with Crippen molar-refractivity contribution in [1.29, 1.82) is 0 Å². The molecule has 0 aromatic rings. The minimum atomic E-state index is 0.466. The van der Waals surface area contributed by atoms with Gasteiger partial charge in [0.05, 0.1) is 6.61 Å². The van der Waals surface area contributed by atoms with Gasteiger partial charge in [-0.1, -0.05) is 12.8 Å². The normalized spacial score (nSPS) is 20.6. The van der Waals surface area contributed by atoms with Crippen LogP contribution in [0.5, 0.6) is 0 Å². The van der Waals surface area contributed by atoms with Crippen molar-refractivity contribution >= 4 is 11.8 Å². The fraction of sp³-hybridized carbons (Fsp3) is 1.00. The summed E-state index contributed by atoms with van der Waals surface area (Å²) in [5.74, 6) is 0. The van der Waals surface area contributed by atoms with Gasteiger partial charge in [-0.15, -0.1) is 0 Å². The van der Waals surface area contributed by atoms with Gasteiger partial charge in [0.25, 0.3) is 0 Å². The zero-order chi connectivity index (χ0) is 12.6. The van der Waals surface area contributed by atoms with E-state index in [4.69, 9.17) is 10.5 Å². The van der Waals surface area contributed by atoms with E-state index in [-0.39, 0.29) is 0 Å². The van der Waals surface area contributed by atoms with Crippen LogP contribution in [-0.2, 0) is 4.74 Å². The number of nitrogens with two attached hydrogens (primary N) is 1. The summed E-state index contributed by atoms with van der Waals surface area (Å²) in [5.41, 5.74) is 5.57. The molecule has 0 spiro atoms. The molecular formula is C13H28N2OS. The number of rotatable bonds is 9. The second-order valence-corrected chi connectivity index (χ2v) is 6.33. The molecule has 0 aromatic heterocycles. The van der Waals surface area contributed by atoms with Crippen molar-refractivity contribution in [3.8, 4) is 0 Å². The molecule has 0 amide bonds. The molecule has 0 aromatic carbocycles. The number of thioether (sulfide) groups is 1. The van der Waals surface area contributed by atoms with Gasteiger partial charge >= 0.3 is 0 Å². The van der Waals surface area contributed by atoms with Crippen LogP contribution >= 0.6 is 11.8 Å². The predicted molar refractivity (Wildman–Crippen MR) is 76.7 cm³/mol. The van der Waals surface area contributed by atoms with Gasteiger partial charge in [0.2, 0.25) is 0 Å². The van der Waals surface area contributed by atoms with E-state index in [1.165, 1.54) is 25.7 Å². The van der Waals surface area contributed by atoms with E-state index in [0.717, 1.165) is 32.5 Å². The predicted octanol–water partition coefficient (Wildman–Crippen LogP) is 2.01. The molecule has 1 atom stereocenters. The zero-order valence-corrected chi connectivity index (χ0v) is 12.2. The number of hydrogen-bond acceptors (Lipinski definition) is 4. The maximum Gasteiger partial charge on any atom is 0.0615 e. The molecule has 3 nitrogen and oxygen atoms in total. The lowest BCUT2D eigenvalue weighted by Gasteiger charge is -2.30. The molecule has 1 fully saturated rings. The highest BCUT2D eigenvalue weighted by molar-refractivity contribution is 8.00. The number of nitrogens with one attached hydrogen (secondary N) is 1. The highest BCUT2D eigenvalue weighted by Crippen LogP contribution is 2.39. The van der Waals surface area contributed by atoms with E-state index >= 15 is 0 Å². The third-order valence-corrected chi connectivity index (χ3v) is 5.20. The number of methoxy groups -OCH3 is 1. The second kappa shape index (κ2) is 8.35. The summed E-state index contributed by atoms with van der Waals surface area (Å²) in [7, 11) is 1.77. The first-order valence-corrected chi connectivity index (χ1v) is 7.96. The SMILES string of the molecule is COCC(CCCN)NCC1(SC)CCCC1. The number of hydrogen-bond donors (Lipinski definition) is 2. The fourth-order valence-corrected chi connectivity index (χ4v) is 3.54. The Labute approximate surface area is 110 Å². The second-order valence-electron chi connectivity index (χ2n) is 5.06. The van der Waals surface area contributed by atoms with Crippen LogP contribution in [0.3, 0.4) is 0 Å². The van der Waals surface area contributed by atoms with E-state index in [1.807, 2.05) is 11.8 Å². The van der Waals surface area contributed by atoms with Gasteiger partial charge in [0.15, 0.2) is 0 Å². The first-order chi connectivity index (χ1) is 8.26. The van der Waals surface area contributed by atoms with Crippen molar-refractivity contribution in [2.75, 3.05) is 33.1 Å². The van der Waals surface area contributed by atoms with E-state index < -0.39 is 0 Å². The van der Waals surface area contributed by atoms with Crippen LogP contribution in [0.25, 0.3) is 0 Å². The third kappa shape index (κ3) is 5.16. The van der Waals surface area contributed by atoms with E-state index in [1.54, 1.807) is 7.11 Å². The fourth-order valence-electron chi connectivity index (χ4n) is 2.61. The summed E-state index contributed by atoms with van der Waals surface area (Å²) in [4.78, 5) is 0. The Bertz CT molecular complexity index is 196. The Hall–Kier alpha value is 0.230. The molecule has 17 heavy (non-hydrogen) atoms. The topological polar surface area (TPSA) is 47.3 Å². The van der Waals surface area contributed by atoms with Gasteiger partial charge in [-0.2, -0.15) is 11.8 Å². The Morgan fingerprint density at radius 3 is 2.65 bits per heavy atom. The van der Waals surface area contributed by atoms with Crippen molar-refractivity contribution in [3.05, 3.63) is 0 Å². The lowest BCUT2D eigenvalue weighted by molar-refractivity contribution is 0.160. The summed E-state index contributed by atoms with van der Waals surface area (Å²) in [5, 5.41) is 3.69. The Kier molecular flexibility index (Phi) is 7.51. The van der Waals surface area contributed by atoms with Crippen LogP contribution in [-0.4, -0.2) is 43.9 Å². The molecule has 0 radical (unpaired) electrons. The minimum absolute atomic E-state index is 0.466. The molecular weight excluding hydrogens is 232 g/mol. The molecule has 3 N–H and O–H groups in total. The summed E-state index contributed by atoms with van der Waals surface area (Å²) >= 11 is 2.04. The summed E-state index contributed by atoms with van der Waals surface area (Å²) in [6.07, 6.45) is 9.94. The zero-order valence-electron chi connectivity index (χ0n) is 11.3. The average Bonchev–Trinajstić information content (AvgIpc) is 2.82. The standard InChI is InChI=1S/C13H28N2OS/c1-16-10-12(6-5-9-14)15-11-13(17-2)7-3-4-8-13/h12,15H,3-11,14H2,1-2H3. The Balaban J connectivity index is 2.33. The monoisotopic (exact) mass is 260 g/mol. The van der Waals surface area contributed by atoms with Crippen molar-refractivity contribution in [2.45, 2.75) is 49.3 Å². The lowest BCUT2D eigenvalue weighted by Crippen LogP contribution is -2.42. The van der Waals surface area contributed by atoms with Crippen molar-refractivity contribution < 1.29 is 4.74 Å². The molecule has 102 valence electrons. The smallest absolute Gasteiger partial charge is 0.0615 e. The lowest BCUT2D eigenvalue weighted by atomic mass is 10.1. The van der Waals surface area contributed by atoms with Gasteiger partial charge in [0.1, 0.15) is 0 Å². The van der Waals surface area contributed by atoms with E-state index in [9.17, 15) is 0 Å². The molecule has 4 heteroatoms. The van der Waals surface area contributed by atoms with E-state index in [0.29, 0.717) is 10.8 Å². The first-order valence-electron chi connectivity index (χ1n) is 6.74. The highest BCUT2D eigenvalue weighted by atomic mass is 32.2. The van der Waals surface area contributed by atoms with Crippen LogP contribution in [0.15, 0.2) is 0 Å². The molecule has 1 aliphatic rings. The molecule has 1 unspecified atom stereocenters. The van der Waals surface area contributed by atoms with Crippen LogP contribution in [0.2, 0.25) is 0 Å². The molecule has 0 aliphatic heterocycles. The van der Waals surface area contributed by atoms with Crippen molar-refractivity contribution in [3.63, 3.8) is 0 Å².